The molecule has 0 radical (unpaired) electrons. The van der Waals surface area contributed by atoms with Crippen LogP contribution in [0.1, 0.15) is 99.8 Å². The van der Waals surface area contributed by atoms with E-state index in [1.54, 1.807) is 6.92 Å². The average molecular weight is 781 g/mol. The monoisotopic (exact) mass is 780 g/mol. The highest BCUT2D eigenvalue weighted by atomic mass is 16.7. The van der Waals surface area contributed by atoms with Gasteiger partial charge in [-0.25, -0.2) is 0 Å². The molecule has 314 valence electrons. The molecule has 5 fully saturated rings. The highest BCUT2D eigenvalue weighted by Gasteiger charge is 2.69. The Morgan fingerprint density at radius 2 is 1.44 bits per heavy atom. The molecule has 0 spiro atoms. The minimum atomic E-state index is -1.73. The van der Waals surface area contributed by atoms with E-state index in [9.17, 15) is 46.0 Å². The molecule has 9 N–H and O–H groups in total. The summed E-state index contributed by atoms with van der Waals surface area (Å²) in [5, 5.41) is 97.6. The number of fused-ring (bicyclic) bond motifs is 6. The summed E-state index contributed by atoms with van der Waals surface area (Å²) in [5.41, 5.74) is 0.476. The number of rotatable bonds is 7. The first kappa shape index (κ1) is 42.1. The molecule has 7 aliphatic rings. The summed E-state index contributed by atoms with van der Waals surface area (Å²) < 4.78 is 24.0. The van der Waals surface area contributed by atoms with Crippen molar-refractivity contribution in [3.63, 3.8) is 0 Å². The van der Waals surface area contributed by atoms with Crippen molar-refractivity contribution in [3.8, 4) is 0 Å². The molecule has 0 bridgehead atoms. The van der Waals surface area contributed by atoms with Gasteiger partial charge in [-0.3, -0.25) is 0 Å². The fourth-order valence-electron chi connectivity index (χ4n) is 13.0. The Hall–Kier alpha value is -1.04. The van der Waals surface area contributed by atoms with Crippen LogP contribution in [-0.2, 0) is 18.9 Å². The molecule has 5 aliphatic carbocycles. The molecular weight excluding hydrogens is 712 g/mol. The smallest absolute Gasteiger partial charge is 0.187 e. The molecule has 13 heteroatoms. The van der Waals surface area contributed by atoms with Gasteiger partial charge in [0.05, 0.1) is 38.1 Å². The van der Waals surface area contributed by atoms with Gasteiger partial charge in [-0.15, -0.1) is 0 Å². The summed E-state index contributed by atoms with van der Waals surface area (Å²) in [5.74, 6) is 0.154. The second kappa shape index (κ2) is 14.3. The van der Waals surface area contributed by atoms with Gasteiger partial charge in [-0.05, 0) is 91.9 Å². The van der Waals surface area contributed by atoms with Gasteiger partial charge >= 0.3 is 0 Å². The lowest BCUT2D eigenvalue weighted by molar-refractivity contribution is -0.367. The number of aliphatic hydroxyl groups is 9. The van der Waals surface area contributed by atoms with E-state index in [2.05, 4.69) is 46.8 Å². The maximum absolute atomic E-state index is 12.0. The molecule has 13 nitrogen and oxygen atoms in total. The molecule has 0 aromatic rings. The third-order valence-electron chi connectivity index (χ3n) is 16.8. The van der Waals surface area contributed by atoms with Crippen molar-refractivity contribution in [1.82, 2.24) is 0 Å². The lowest BCUT2D eigenvalue weighted by atomic mass is 9.35. The Bertz CT molecular complexity index is 1500. The van der Waals surface area contributed by atoms with Crippen LogP contribution in [0.2, 0.25) is 0 Å². The maximum Gasteiger partial charge on any atom is 0.187 e. The third-order valence-corrected chi connectivity index (χ3v) is 16.8. The van der Waals surface area contributed by atoms with E-state index in [-0.39, 0.29) is 46.7 Å². The van der Waals surface area contributed by atoms with Crippen molar-refractivity contribution in [2.45, 2.75) is 173 Å². The van der Waals surface area contributed by atoms with Crippen molar-refractivity contribution in [2.24, 2.45) is 44.3 Å². The van der Waals surface area contributed by atoms with Gasteiger partial charge in [0.15, 0.2) is 12.6 Å². The summed E-state index contributed by atoms with van der Waals surface area (Å²) in [6.07, 6.45) is -4.63. The van der Waals surface area contributed by atoms with Gasteiger partial charge in [0.25, 0.3) is 0 Å². The predicted octanol–water partition coefficient (Wildman–Crippen LogP) is 1.68. The molecule has 2 heterocycles. The zero-order valence-corrected chi connectivity index (χ0v) is 33.7. The van der Waals surface area contributed by atoms with Crippen LogP contribution in [0, 0.1) is 44.3 Å². The number of hydrogen-bond donors (Lipinski definition) is 9. The molecular formula is C42H68O13. The Morgan fingerprint density at radius 1 is 0.745 bits per heavy atom. The normalized spacial score (nSPS) is 54.9. The zero-order valence-electron chi connectivity index (χ0n) is 33.7. The van der Waals surface area contributed by atoms with Gasteiger partial charge in [-0.2, -0.15) is 0 Å². The second-order valence-electron chi connectivity index (χ2n) is 20.3. The molecule has 55 heavy (non-hydrogen) atoms. The largest absolute Gasteiger partial charge is 0.396 e. The summed E-state index contributed by atoms with van der Waals surface area (Å²) in [6.45, 7) is 14.4. The second-order valence-corrected chi connectivity index (χ2v) is 20.3. The summed E-state index contributed by atoms with van der Waals surface area (Å²) in [6, 6.07) is 0. The van der Waals surface area contributed by atoms with Crippen molar-refractivity contribution in [1.29, 1.82) is 0 Å². The molecule has 0 amide bonds. The third kappa shape index (κ3) is 6.12. The molecule has 2 aliphatic heterocycles. The quantitative estimate of drug-likeness (QED) is 0.168. The van der Waals surface area contributed by atoms with Crippen molar-refractivity contribution >= 4 is 0 Å². The predicted molar refractivity (Wildman–Crippen MR) is 199 cm³/mol. The van der Waals surface area contributed by atoms with Crippen LogP contribution >= 0.6 is 0 Å². The fraction of sp³-hybridized carbons (Fsp3) is 0.905. The molecule has 2 unspecified atom stereocenters. The number of hydrogen-bond acceptors (Lipinski definition) is 13. The summed E-state index contributed by atoms with van der Waals surface area (Å²) in [7, 11) is 0. The van der Waals surface area contributed by atoms with Crippen LogP contribution in [-0.4, -0.2) is 139 Å². The van der Waals surface area contributed by atoms with Crippen molar-refractivity contribution in [3.05, 3.63) is 23.3 Å². The van der Waals surface area contributed by atoms with Crippen LogP contribution in [0.4, 0.5) is 0 Å². The van der Waals surface area contributed by atoms with E-state index >= 15 is 0 Å². The minimum absolute atomic E-state index is 0.0212. The highest BCUT2D eigenvalue weighted by Crippen LogP contribution is 2.74. The van der Waals surface area contributed by atoms with Gasteiger partial charge < -0.3 is 64.9 Å². The van der Waals surface area contributed by atoms with Crippen LogP contribution in [0.15, 0.2) is 23.3 Å². The fourth-order valence-corrected chi connectivity index (χ4v) is 13.0. The van der Waals surface area contributed by atoms with E-state index in [0.717, 1.165) is 38.5 Å². The van der Waals surface area contributed by atoms with Crippen LogP contribution in [0.25, 0.3) is 0 Å². The number of aliphatic hydroxyl groups excluding tert-OH is 9. The van der Waals surface area contributed by atoms with E-state index in [1.165, 1.54) is 11.1 Å². The van der Waals surface area contributed by atoms with Gasteiger partial charge in [0.2, 0.25) is 0 Å². The van der Waals surface area contributed by atoms with Crippen LogP contribution in [0.5, 0.6) is 0 Å². The minimum Gasteiger partial charge on any atom is -0.396 e. The molecule has 19 atom stereocenters. The Morgan fingerprint density at radius 3 is 2.09 bits per heavy atom. The molecule has 7 rings (SSSR count). The first-order valence-electron chi connectivity index (χ1n) is 20.6. The number of allylic oxidation sites excluding steroid dienone is 3. The van der Waals surface area contributed by atoms with E-state index < -0.39 is 91.1 Å². The summed E-state index contributed by atoms with van der Waals surface area (Å²) in [4.78, 5) is 0. The number of ether oxygens (including phenoxy) is 4. The molecule has 0 aromatic carbocycles. The standard InChI is InChI=1S/C42H68O13/c1-21-29(47)34(55-35-32(50)31(49)30(48)24(18-43)53-35)33(51)36(52-21)54-28-11-12-38(4)25(39(28,5)19-44)10-13-40(6)26(38)9-8-22-23-16-37(2,3)14-15-42(23,20-45)27(46)17-41(22,40)7/h8-9,21,24-36,43-51H,10-20H2,1-7H3/t21-,24-,25?,26?,27-,28+,29-,30-,31+,32+,33-,34+,35+,36+,38+,39+,40-,41-,42-/m1/s1. The van der Waals surface area contributed by atoms with Crippen LogP contribution < -0.4 is 0 Å². The maximum atomic E-state index is 12.0. The van der Waals surface area contributed by atoms with Gasteiger partial charge in [0.1, 0.15) is 42.7 Å². The van der Waals surface area contributed by atoms with E-state index in [0.29, 0.717) is 12.8 Å². The van der Waals surface area contributed by atoms with Gasteiger partial charge in [-0.1, -0.05) is 59.3 Å². The Kier molecular flexibility index (Phi) is 11.0. The van der Waals surface area contributed by atoms with Gasteiger partial charge in [0, 0.05) is 16.2 Å². The Labute approximate surface area is 325 Å². The van der Waals surface area contributed by atoms with Crippen LogP contribution in [0.3, 0.4) is 0 Å². The van der Waals surface area contributed by atoms with E-state index in [1.807, 2.05) is 6.92 Å². The summed E-state index contributed by atoms with van der Waals surface area (Å²) >= 11 is 0. The lowest BCUT2D eigenvalue weighted by Crippen LogP contribution is -2.67. The average Bonchev–Trinajstić information content (AvgIpc) is 3.13. The van der Waals surface area contributed by atoms with Crippen molar-refractivity contribution < 1.29 is 64.9 Å². The first-order chi connectivity index (χ1) is 25.7. The lowest BCUT2D eigenvalue weighted by Gasteiger charge is -2.70. The van der Waals surface area contributed by atoms with Crippen molar-refractivity contribution in [2.75, 3.05) is 19.8 Å². The highest BCUT2D eigenvalue weighted by molar-refractivity contribution is 5.47. The Balaban J connectivity index is 1.15. The SMILES string of the molecule is C[C@H]1O[C@@H](O[C@H]2CC[C@@]3(C)C(CC[C@]4(C)C3C=CC3=C5CC(C)(C)CC[C@]5(CO)[C@H](O)C[C@]34C)[C@]2(C)CO)[C@H](O)[C@@H](O[C@@H]2O[C@H](CO)[C@@H](O)[C@H](O)[C@@H]2O)[C@@H]1O. The molecule has 2 saturated heterocycles. The first-order valence-corrected chi connectivity index (χ1v) is 20.6. The topological polar surface area (TPSA) is 219 Å². The molecule has 3 saturated carbocycles. The molecule has 0 aromatic heterocycles. The zero-order chi connectivity index (χ0) is 40.3. The van der Waals surface area contributed by atoms with E-state index in [4.69, 9.17) is 18.9 Å².